The third-order valence-electron chi connectivity index (χ3n) is 5.02. The Bertz CT molecular complexity index is 1490. The average Bonchev–Trinajstić information content (AvgIpc) is 2.84. The van der Waals surface area contributed by atoms with Crippen LogP contribution in [-0.2, 0) is 0 Å². The Kier molecular flexibility index (Phi) is 8.70. The van der Waals surface area contributed by atoms with E-state index in [2.05, 4.69) is 60.8 Å². The summed E-state index contributed by atoms with van der Waals surface area (Å²) in [4.78, 5) is 17.0. The molecule has 1 aromatic heterocycles. The second-order valence-electron chi connectivity index (χ2n) is 7.31. The lowest BCUT2D eigenvalue weighted by Gasteiger charge is -2.14. The number of methoxy groups -OCH3 is 2. The highest BCUT2D eigenvalue weighted by Crippen LogP contribution is 2.38. The number of anilines is 1. The van der Waals surface area contributed by atoms with E-state index in [1.54, 1.807) is 62.9 Å². The van der Waals surface area contributed by atoms with E-state index in [1.165, 1.54) is 0 Å². The first-order valence-electron chi connectivity index (χ1n) is 10.3. The summed E-state index contributed by atoms with van der Waals surface area (Å²) >= 11 is 16.1. The molecule has 0 spiro atoms. The van der Waals surface area contributed by atoms with E-state index in [-0.39, 0.29) is 11.0 Å². The molecular formula is C25H18ClI2N3O4S. The van der Waals surface area contributed by atoms with Crippen molar-refractivity contribution in [3.63, 3.8) is 0 Å². The van der Waals surface area contributed by atoms with Crippen molar-refractivity contribution in [1.29, 1.82) is 0 Å². The number of nitrogens with one attached hydrogen (secondary N) is 2. The molecule has 0 aliphatic carbocycles. The van der Waals surface area contributed by atoms with Gasteiger partial charge in [0.25, 0.3) is 5.91 Å². The van der Waals surface area contributed by atoms with Crippen LogP contribution in [0.5, 0.6) is 23.0 Å². The number of carbonyl (C=O) groups is 1. The molecule has 7 nitrogen and oxygen atoms in total. The van der Waals surface area contributed by atoms with Crippen LogP contribution in [0.2, 0.25) is 5.02 Å². The number of halogens is 3. The summed E-state index contributed by atoms with van der Waals surface area (Å²) in [5, 5.41) is 6.91. The number of amides is 1. The lowest BCUT2D eigenvalue weighted by molar-refractivity contribution is 0.0977. The second kappa shape index (κ2) is 11.8. The molecule has 4 aromatic rings. The number of pyridine rings is 1. The van der Waals surface area contributed by atoms with Crippen molar-refractivity contribution in [3.05, 3.63) is 78.5 Å². The highest BCUT2D eigenvalue weighted by Gasteiger charge is 2.14. The van der Waals surface area contributed by atoms with E-state index in [0.29, 0.717) is 44.8 Å². The number of fused-ring (bicyclic) bond motifs is 1. The summed E-state index contributed by atoms with van der Waals surface area (Å²) in [6.07, 6.45) is 1.64. The molecule has 1 heterocycles. The first-order valence-corrected chi connectivity index (χ1v) is 13.3. The molecule has 0 radical (unpaired) electrons. The van der Waals surface area contributed by atoms with E-state index in [4.69, 9.17) is 38.0 Å². The first-order chi connectivity index (χ1) is 17.3. The van der Waals surface area contributed by atoms with Crippen molar-refractivity contribution < 1.29 is 19.0 Å². The predicted molar refractivity (Wildman–Crippen MR) is 162 cm³/mol. The Hall–Kier alpha value is -2.42. The Balaban J connectivity index is 1.49. The zero-order valence-corrected chi connectivity index (χ0v) is 24.8. The quantitative estimate of drug-likeness (QED) is 0.162. The summed E-state index contributed by atoms with van der Waals surface area (Å²) in [6.45, 7) is 0. The highest BCUT2D eigenvalue weighted by atomic mass is 127. The van der Waals surface area contributed by atoms with Crippen molar-refractivity contribution in [2.45, 2.75) is 0 Å². The van der Waals surface area contributed by atoms with E-state index < -0.39 is 0 Å². The minimum Gasteiger partial charge on any atom is -0.493 e. The largest absolute Gasteiger partial charge is 0.493 e. The topological polar surface area (TPSA) is 81.7 Å². The third kappa shape index (κ3) is 6.10. The molecule has 3 aromatic carbocycles. The summed E-state index contributed by atoms with van der Waals surface area (Å²) in [5.41, 5.74) is 1.82. The molecule has 0 aliphatic rings. The van der Waals surface area contributed by atoms with Crippen LogP contribution in [0.15, 0.2) is 60.8 Å². The zero-order valence-electron chi connectivity index (χ0n) is 18.9. The van der Waals surface area contributed by atoms with Gasteiger partial charge in [-0.3, -0.25) is 15.1 Å². The van der Waals surface area contributed by atoms with Gasteiger partial charge >= 0.3 is 0 Å². The number of ether oxygens (including phenoxy) is 3. The van der Waals surface area contributed by atoms with Gasteiger partial charge in [-0.05, 0) is 106 Å². The van der Waals surface area contributed by atoms with Gasteiger partial charge in [0, 0.05) is 30.5 Å². The van der Waals surface area contributed by atoms with Gasteiger partial charge in [-0.25, -0.2) is 0 Å². The van der Waals surface area contributed by atoms with Gasteiger partial charge in [0.1, 0.15) is 11.5 Å². The molecular weight excluding hydrogens is 728 g/mol. The molecule has 0 bridgehead atoms. The lowest BCUT2D eigenvalue weighted by Crippen LogP contribution is -2.34. The van der Waals surface area contributed by atoms with Crippen molar-refractivity contribution in [3.8, 4) is 23.0 Å². The average molecular weight is 746 g/mol. The van der Waals surface area contributed by atoms with Crippen LogP contribution in [0.1, 0.15) is 10.4 Å². The van der Waals surface area contributed by atoms with Crippen molar-refractivity contribution in [1.82, 2.24) is 10.3 Å². The van der Waals surface area contributed by atoms with Crippen LogP contribution in [-0.4, -0.2) is 30.2 Å². The highest BCUT2D eigenvalue weighted by molar-refractivity contribution is 14.1. The fraction of sp³-hybridized carbons (Fsp3) is 0.0800. The number of hydrogen-bond acceptors (Lipinski definition) is 6. The van der Waals surface area contributed by atoms with E-state index in [1.807, 2.05) is 12.1 Å². The van der Waals surface area contributed by atoms with Crippen LogP contribution in [0.3, 0.4) is 0 Å². The molecule has 0 saturated carbocycles. The Morgan fingerprint density at radius 2 is 1.69 bits per heavy atom. The number of benzene rings is 3. The van der Waals surface area contributed by atoms with Crippen molar-refractivity contribution in [2.75, 3.05) is 19.5 Å². The molecule has 184 valence electrons. The summed E-state index contributed by atoms with van der Waals surface area (Å²) < 4.78 is 18.7. The fourth-order valence-electron chi connectivity index (χ4n) is 3.32. The fourth-order valence-corrected chi connectivity index (χ4v) is 5.60. The number of rotatable bonds is 6. The van der Waals surface area contributed by atoms with Gasteiger partial charge in [-0.15, -0.1) is 0 Å². The first kappa shape index (κ1) is 26.6. The van der Waals surface area contributed by atoms with Crippen LogP contribution in [0.4, 0.5) is 5.69 Å². The number of hydrogen-bond donors (Lipinski definition) is 2. The van der Waals surface area contributed by atoms with Gasteiger partial charge in [-0.2, -0.15) is 0 Å². The van der Waals surface area contributed by atoms with Gasteiger partial charge in [0.2, 0.25) is 0 Å². The summed E-state index contributed by atoms with van der Waals surface area (Å²) in [6, 6.07) is 16.0. The lowest BCUT2D eigenvalue weighted by atomic mass is 10.2. The maximum atomic E-state index is 12.6. The molecule has 0 atom stereocenters. The molecule has 2 N–H and O–H groups in total. The number of thiocarbonyl (C=S) groups is 1. The standard InChI is InChI=1S/C25H18ClI2N3O4S/c1-33-22-11-16-19(12-23(22)34-2)29-8-7-20(16)35-21-6-4-14(10-17(21)26)30-25(36)31-24(32)15-5-3-13(27)9-18(15)28/h3-12H,1-2H3,(H2,30,31,32,36). The second-order valence-corrected chi connectivity index (χ2v) is 10.5. The monoisotopic (exact) mass is 745 g/mol. The van der Waals surface area contributed by atoms with Crippen LogP contribution >= 0.6 is 69.0 Å². The third-order valence-corrected chi connectivity index (χ3v) is 7.08. The maximum Gasteiger partial charge on any atom is 0.258 e. The predicted octanol–water partition coefficient (Wildman–Crippen LogP) is 7.03. The van der Waals surface area contributed by atoms with Crippen LogP contribution < -0.4 is 24.8 Å². The molecule has 0 aliphatic heterocycles. The SMILES string of the molecule is COc1cc2nccc(Oc3ccc(NC(=S)NC(=O)c4ccc(I)cc4I)cc3Cl)c2cc1OC. The van der Waals surface area contributed by atoms with Gasteiger partial charge in [0.15, 0.2) is 16.6 Å². The Morgan fingerprint density at radius 1 is 0.944 bits per heavy atom. The number of carbonyl (C=O) groups excluding carboxylic acids is 1. The van der Waals surface area contributed by atoms with Crippen molar-refractivity contribution >= 4 is 96.6 Å². The van der Waals surface area contributed by atoms with E-state index in [9.17, 15) is 4.79 Å². The molecule has 1 amide bonds. The van der Waals surface area contributed by atoms with Crippen LogP contribution in [0.25, 0.3) is 10.9 Å². The molecule has 0 fully saturated rings. The molecule has 0 unspecified atom stereocenters. The Morgan fingerprint density at radius 3 is 2.39 bits per heavy atom. The Labute approximate surface area is 245 Å². The number of aromatic nitrogens is 1. The van der Waals surface area contributed by atoms with E-state index in [0.717, 1.165) is 12.5 Å². The van der Waals surface area contributed by atoms with Gasteiger partial charge < -0.3 is 19.5 Å². The van der Waals surface area contributed by atoms with E-state index >= 15 is 0 Å². The minimum absolute atomic E-state index is 0.153. The number of nitrogens with zero attached hydrogens (tertiary/aromatic N) is 1. The summed E-state index contributed by atoms with van der Waals surface area (Å²) in [7, 11) is 3.14. The molecule has 36 heavy (non-hydrogen) atoms. The molecule has 4 rings (SSSR count). The van der Waals surface area contributed by atoms with Gasteiger partial charge in [0.05, 0.1) is 30.3 Å². The van der Waals surface area contributed by atoms with Crippen molar-refractivity contribution in [2.24, 2.45) is 0 Å². The molecule has 0 saturated heterocycles. The zero-order chi connectivity index (χ0) is 25.8. The summed E-state index contributed by atoms with van der Waals surface area (Å²) in [5.74, 6) is 1.83. The molecule has 11 heteroatoms. The smallest absolute Gasteiger partial charge is 0.258 e. The minimum atomic E-state index is -0.295. The normalized spacial score (nSPS) is 10.6. The maximum absolute atomic E-state index is 12.6. The van der Waals surface area contributed by atoms with Crippen LogP contribution in [0, 0.1) is 7.14 Å². The van der Waals surface area contributed by atoms with Gasteiger partial charge in [-0.1, -0.05) is 11.6 Å².